The lowest BCUT2D eigenvalue weighted by Gasteiger charge is -2.71. The van der Waals surface area contributed by atoms with E-state index in [2.05, 4.69) is 40.7 Å². The summed E-state index contributed by atoms with van der Waals surface area (Å²) < 4.78 is 47.6. The van der Waals surface area contributed by atoms with E-state index >= 15 is 4.79 Å². The number of hydrogen-bond acceptors (Lipinski definition) is 23. The maximum atomic E-state index is 15.5. The standard InChI is InChI=1S/C53H86O23/c1-48(2)13-15-53(47(68)76-46-42(75-45-41(67)37(63)34(60)27(19-55)72-45)38(64)35(61)28(73-46)21-70-43-39(65)32(58)25(57)20-69-43)16-14-51(5)23(24(53)17-48)7-8-30-49(3)11-10-31(50(4,22-56)29(49)9-12-52(30,51)6)74-44-40(66)36(62)33(59)26(18-54)71-44/h7,24-46,54-67H,8-22H2,1-6H3. The van der Waals surface area contributed by atoms with Crippen LogP contribution in [0.3, 0.4) is 0 Å². The monoisotopic (exact) mass is 1090 g/mol. The van der Waals surface area contributed by atoms with Crippen molar-refractivity contribution >= 4 is 5.97 Å². The molecule has 4 aliphatic heterocycles. The van der Waals surface area contributed by atoms with Crippen LogP contribution in [0.2, 0.25) is 0 Å². The average molecular weight is 1090 g/mol. The van der Waals surface area contributed by atoms with Crippen molar-refractivity contribution < 1.29 is 114 Å². The number of rotatable bonds is 12. The van der Waals surface area contributed by atoms with E-state index in [1.807, 2.05) is 6.92 Å². The largest absolute Gasteiger partial charge is 0.432 e. The Morgan fingerprint density at radius 3 is 1.80 bits per heavy atom. The van der Waals surface area contributed by atoms with E-state index in [1.165, 1.54) is 0 Å². The first kappa shape index (κ1) is 59.0. The summed E-state index contributed by atoms with van der Waals surface area (Å²) in [5.74, 6) is -0.910. The second-order valence-electron chi connectivity index (χ2n) is 25.7. The molecule has 23 heteroatoms. The van der Waals surface area contributed by atoms with Gasteiger partial charge < -0.3 is 109 Å². The highest BCUT2D eigenvalue weighted by molar-refractivity contribution is 5.79. The van der Waals surface area contributed by atoms with Gasteiger partial charge in [-0.2, -0.15) is 0 Å². The maximum absolute atomic E-state index is 15.5. The van der Waals surface area contributed by atoms with Gasteiger partial charge >= 0.3 is 5.97 Å². The number of allylic oxidation sites excluding steroid dienone is 2. The molecule has 4 heterocycles. The van der Waals surface area contributed by atoms with E-state index in [-0.39, 0.29) is 47.2 Å². The molecule has 9 aliphatic rings. The SMILES string of the molecule is CC1(C)CCC2(C(=O)OC3OC(COC4OCC(O)C(O)C4O)C(O)C(O)C3OC3OC(CO)C(O)C(O)C3O)CCC3(C)C(=CCC4C5(C)CCC(OC6OC(CO)C(O)C(O)C6O)C(C)(CO)C5CCC43C)C2C1. The first-order valence-electron chi connectivity index (χ1n) is 27.4. The normalized spacial score (nSPS) is 54.3. The molecule has 0 aromatic heterocycles. The molecule has 28 unspecified atom stereocenters. The zero-order valence-electron chi connectivity index (χ0n) is 44.4. The van der Waals surface area contributed by atoms with Gasteiger partial charge in [0, 0.05) is 5.41 Å². The minimum absolute atomic E-state index is 0.0481. The smallest absolute Gasteiger partial charge is 0.315 e. The van der Waals surface area contributed by atoms with Gasteiger partial charge in [0.25, 0.3) is 0 Å². The summed E-state index contributed by atoms with van der Waals surface area (Å²) in [5.41, 5.74) is -2.00. The molecule has 0 radical (unpaired) electrons. The third kappa shape index (κ3) is 9.56. The van der Waals surface area contributed by atoms with E-state index in [1.54, 1.807) is 0 Å². The van der Waals surface area contributed by atoms with Gasteiger partial charge in [0.2, 0.25) is 6.29 Å². The highest BCUT2D eigenvalue weighted by Crippen LogP contribution is 2.76. The van der Waals surface area contributed by atoms with E-state index in [0.717, 1.165) is 18.4 Å². The highest BCUT2D eigenvalue weighted by atomic mass is 16.8. The molecule has 4 saturated carbocycles. The Balaban J connectivity index is 0.994. The summed E-state index contributed by atoms with van der Waals surface area (Å²) in [7, 11) is 0. The summed E-state index contributed by atoms with van der Waals surface area (Å²) in [6, 6.07) is 0. The molecule has 23 nitrogen and oxygen atoms in total. The quantitative estimate of drug-likeness (QED) is 0.0549. The Bertz CT molecular complexity index is 2080. The third-order valence-electron chi connectivity index (χ3n) is 21.2. The first-order chi connectivity index (χ1) is 35.7. The summed E-state index contributed by atoms with van der Waals surface area (Å²) in [4.78, 5) is 15.5. The van der Waals surface area contributed by atoms with Crippen LogP contribution in [-0.4, -0.2) is 233 Å². The lowest BCUT2D eigenvalue weighted by atomic mass is 9.33. The van der Waals surface area contributed by atoms with Crippen LogP contribution in [0.1, 0.15) is 106 Å². The zero-order chi connectivity index (χ0) is 55.4. The lowest BCUT2D eigenvalue weighted by Crippen LogP contribution is -2.67. The number of aliphatic hydroxyl groups excluding tert-OH is 14. The molecule has 436 valence electrons. The predicted octanol–water partition coefficient (Wildman–Crippen LogP) is -2.42. The molecule has 5 aliphatic carbocycles. The summed E-state index contributed by atoms with van der Waals surface area (Å²) in [5, 5.41) is 149. The van der Waals surface area contributed by atoms with Crippen molar-refractivity contribution in [2.45, 2.75) is 229 Å². The number of carbonyl (C=O) groups excluding carboxylic acids is 1. The van der Waals surface area contributed by atoms with Gasteiger partial charge in [-0.05, 0) is 104 Å². The molecule has 0 bridgehead atoms. The fraction of sp³-hybridized carbons (Fsp3) is 0.943. The van der Waals surface area contributed by atoms with Crippen molar-refractivity contribution in [1.82, 2.24) is 0 Å². The number of aliphatic hydroxyl groups is 14. The lowest BCUT2D eigenvalue weighted by molar-refractivity contribution is -0.367. The molecule has 8 fully saturated rings. The van der Waals surface area contributed by atoms with Gasteiger partial charge in [0.05, 0.1) is 44.6 Å². The van der Waals surface area contributed by atoms with E-state index in [9.17, 15) is 71.5 Å². The molecule has 4 saturated heterocycles. The first-order valence-corrected chi connectivity index (χ1v) is 27.4. The van der Waals surface area contributed by atoms with Gasteiger partial charge in [-0.15, -0.1) is 0 Å². The highest BCUT2D eigenvalue weighted by Gasteiger charge is 2.71. The minimum Gasteiger partial charge on any atom is -0.432 e. The predicted molar refractivity (Wildman–Crippen MR) is 258 cm³/mol. The van der Waals surface area contributed by atoms with Crippen LogP contribution in [0, 0.1) is 50.2 Å². The van der Waals surface area contributed by atoms with Gasteiger partial charge in [0.15, 0.2) is 25.0 Å². The van der Waals surface area contributed by atoms with Crippen molar-refractivity contribution in [2.24, 2.45) is 50.2 Å². The third-order valence-corrected chi connectivity index (χ3v) is 21.2. The van der Waals surface area contributed by atoms with E-state index in [0.29, 0.717) is 51.4 Å². The zero-order valence-corrected chi connectivity index (χ0v) is 44.4. The van der Waals surface area contributed by atoms with Crippen LogP contribution in [-0.2, 0) is 42.7 Å². The topological polar surface area (TPSA) is 374 Å². The summed E-state index contributed by atoms with van der Waals surface area (Å²) >= 11 is 0. The number of fused-ring (bicyclic) bond motifs is 7. The maximum Gasteiger partial charge on any atom is 0.315 e. The number of hydrogen-bond donors (Lipinski definition) is 14. The Morgan fingerprint density at radius 2 is 1.18 bits per heavy atom. The van der Waals surface area contributed by atoms with Crippen LogP contribution in [0.4, 0.5) is 0 Å². The Labute approximate surface area is 442 Å². The molecular weight excluding hydrogens is 1000 g/mol. The number of carbonyl (C=O) groups is 1. The van der Waals surface area contributed by atoms with Crippen molar-refractivity contribution in [1.29, 1.82) is 0 Å². The Hall–Kier alpha value is -1.63. The molecule has 14 N–H and O–H groups in total. The van der Waals surface area contributed by atoms with E-state index < -0.39 is 165 Å². The van der Waals surface area contributed by atoms with Gasteiger partial charge in [0.1, 0.15) is 85.5 Å². The second kappa shape index (κ2) is 21.6. The molecular formula is C53H86O23. The molecule has 28 atom stereocenters. The number of esters is 1. The van der Waals surface area contributed by atoms with Crippen molar-refractivity contribution in [2.75, 3.05) is 33.0 Å². The van der Waals surface area contributed by atoms with Crippen LogP contribution >= 0.6 is 0 Å². The van der Waals surface area contributed by atoms with Gasteiger partial charge in [-0.3, -0.25) is 4.79 Å². The van der Waals surface area contributed by atoms with Gasteiger partial charge in [-0.1, -0.05) is 53.2 Å². The molecule has 0 aromatic carbocycles. The van der Waals surface area contributed by atoms with Crippen LogP contribution in [0.15, 0.2) is 11.6 Å². The van der Waals surface area contributed by atoms with E-state index in [4.69, 9.17) is 37.9 Å². The van der Waals surface area contributed by atoms with Crippen molar-refractivity contribution in [3.05, 3.63) is 11.6 Å². The fourth-order valence-corrected chi connectivity index (χ4v) is 16.1. The van der Waals surface area contributed by atoms with Crippen molar-refractivity contribution in [3.63, 3.8) is 0 Å². The fourth-order valence-electron chi connectivity index (χ4n) is 16.1. The van der Waals surface area contributed by atoms with Crippen LogP contribution in [0.5, 0.6) is 0 Å². The molecule has 0 aromatic rings. The Kier molecular flexibility index (Phi) is 16.8. The van der Waals surface area contributed by atoms with Crippen molar-refractivity contribution in [3.8, 4) is 0 Å². The van der Waals surface area contributed by atoms with Gasteiger partial charge in [-0.25, -0.2) is 0 Å². The second-order valence-corrected chi connectivity index (χ2v) is 25.7. The number of ether oxygens (including phenoxy) is 8. The average Bonchev–Trinajstić information content (AvgIpc) is 3.57. The van der Waals surface area contributed by atoms with Crippen LogP contribution in [0.25, 0.3) is 0 Å². The molecule has 76 heavy (non-hydrogen) atoms. The summed E-state index contributed by atoms with van der Waals surface area (Å²) in [6.45, 7) is 10.7. The summed E-state index contributed by atoms with van der Waals surface area (Å²) in [6.07, 6.45) is -23.4. The molecule has 9 rings (SSSR count). The molecule has 0 spiro atoms. The Morgan fingerprint density at radius 1 is 0.605 bits per heavy atom. The minimum atomic E-state index is -1.96. The molecule has 0 amide bonds. The van der Waals surface area contributed by atoms with Crippen LogP contribution < -0.4 is 0 Å².